The van der Waals surface area contributed by atoms with Gasteiger partial charge in [0.15, 0.2) is 5.65 Å². The Morgan fingerprint density at radius 2 is 1.71 bits per heavy atom. The first-order chi connectivity index (χ1) is 16.7. The summed E-state index contributed by atoms with van der Waals surface area (Å²) in [6.45, 7) is 2.99. The number of rotatable bonds is 8. The second kappa shape index (κ2) is 9.75. The summed E-state index contributed by atoms with van der Waals surface area (Å²) in [5, 5.41) is 0. The number of aromatic amines is 1. The van der Waals surface area contributed by atoms with E-state index in [2.05, 4.69) is 16.9 Å². The molecule has 0 unspecified atom stereocenters. The molecular formula is C28H27N5O. The molecule has 1 amide bonds. The number of H-pyrrole nitrogens is 1. The Hall–Kier alpha value is -4.19. The Labute approximate surface area is 198 Å². The van der Waals surface area contributed by atoms with Crippen LogP contribution in [0.15, 0.2) is 91.4 Å². The topological polar surface area (TPSA) is 66.8 Å². The third-order valence-corrected chi connectivity index (χ3v) is 5.91. The molecule has 5 rings (SSSR count). The molecule has 170 valence electrons. The van der Waals surface area contributed by atoms with Crippen LogP contribution in [0, 0.1) is 0 Å². The van der Waals surface area contributed by atoms with Crippen molar-refractivity contribution < 1.29 is 4.79 Å². The van der Waals surface area contributed by atoms with Crippen LogP contribution in [0.2, 0.25) is 0 Å². The predicted octanol–water partition coefficient (Wildman–Crippen LogP) is 5.54. The third kappa shape index (κ3) is 4.48. The van der Waals surface area contributed by atoms with Crippen molar-refractivity contribution in [2.75, 3.05) is 0 Å². The Morgan fingerprint density at radius 1 is 0.941 bits per heavy atom. The number of fused-ring (bicyclic) bond motifs is 1. The van der Waals surface area contributed by atoms with Crippen molar-refractivity contribution in [3.05, 3.63) is 114 Å². The highest BCUT2D eigenvalue weighted by atomic mass is 16.2. The lowest BCUT2D eigenvalue weighted by molar-refractivity contribution is 0.0726. The summed E-state index contributed by atoms with van der Waals surface area (Å²) >= 11 is 0. The summed E-state index contributed by atoms with van der Waals surface area (Å²) < 4.78 is 1.97. The highest BCUT2D eigenvalue weighted by molar-refractivity contribution is 5.97. The van der Waals surface area contributed by atoms with Gasteiger partial charge in [-0.3, -0.25) is 4.79 Å². The smallest absolute Gasteiger partial charge is 0.256 e. The van der Waals surface area contributed by atoms with Crippen LogP contribution in [0.4, 0.5) is 0 Å². The number of amides is 1. The molecule has 2 aromatic carbocycles. The molecule has 1 N–H and O–H groups in total. The molecule has 0 fully saturated rings. The predicted molar refractivity (Wildman–Crippen MR) is 134 cm³/mol. The lowest BCUT2D eigenvalue weighted by atomic mass is 10.1. The van der Waals surface area contributed by atoms with E-state index in [1.165, 1.54) is 5.56 Å². The quantitative estimate of drug-likeness (QED) is 0.338. The van der Waals surface area contributed by atoms with E-state index in [1.54, 1.807) is 6.20 Å². The second-order valence-corrected chi connectivity index (χ2v) is 8.36. The number of nitrogens with one attached hydrogen (secondary N) is 1. The minimum Gasteiger partial charge on any atom is -0.339 e. The van der Waals surface area contributed by atoms with Gasteiger partial charge in [0.25, 0.3) is 5.91 Å². The molecule has 0 saturated carbocycles. The van der Waals surface area contributed by atoms with E-state index in [-0.39, 0.29) is 5.91 Å². The monoisotopic (exact) mass is 449 g/mol. The van der Waals surface area contributed by atoms with Crippen molar-refractivity contribution in [2.45, 2.75) is 32.9 Å². The van der Waals surface area contributed by atoms with Crippen LogP contribution >= 0.6 is 0 Å². The molecule has 0 spiro atoms. The zero-order chi connectivity index (χ0) is 23.3. The van der Waals surface area contributed by atoms with E-state index in [0.29, 0.717) is 24.3 Å². The van der Waals surface area contributed by atoms with Crippen LogP contribution in [0.5, 0.6) is 0 Å². The number of carbonyl (C=O) groups is 1. The van der Waals surface area contributed by atoms with Crippen LogP contribution in [0.25, 0.3) is 16.9 Å². The number of aromatic nitrogens is 4. The van der Waals surface area contributed by atoms with E-state index in [4.69, 9.17) is 4.98 Å². The molecule has 0 saturated heterocycles. The van der Waals surface area contributed by atoms with Gasteiger partial charge in [0.2, 0.25) is 0 Å². The van der Waals surface area contributed by atoms with E-state index < -0.39 is 0 Å². The van der Waals surface area contributed by atoms with Crippen molar-refractivity contribution in [3.8, 4) is 5.69 Å². The van der Waals surface area contributed by atoms with Gasteiger partial charge in [0, 0.05) is 25.1 Å². The van der Waals surface area contributed by atoms with Gasteiger partial charge < -0.3 is 14.5 Å². The normalized spacial score (nSPS) is 11.1. The number of benzene rings is 2. The zero-order valence-corrected chi connectivity index (χ0v) is 19.2. The molecule has 6 heteroatoms. The first-order valence-electron chi connectivity index (χ1n) is 11.6. The maximum Gasteiger partial charge on any atom is 0.256 e. The highest BCUT2D eigenvalue weighted by Gasteiger charge is 2.22. The molecule has 0 atom stereocenters. The number of carbonyl (C=O) groups excluding carboxylic acids is 1. The summed E-state index contributed by atoms with van der Waals surface area (Å²) in [6.07, 6.45) is 7.71. The highest BCUT2D eigenvalue weighted by Crippen LogP contribution is 2.21. The van der Waals surface area contributed by atoms with Crippen molar-refractivity contribution >= 4 is 17.1 Å². The lowest BCUT2D eigenvalue weighted by Crippen LogP contribution is -2.31. The standard InChI is InChI=1S/C28H27N5O/c1-2-10-22-15-16-29-27-26(22)30-25(31-27)20-33(19-21-11-4-3-5-12-21)28(34)23-13-6-7-14-24(23)32-17-8-9-18-32/h3-9,11-18H,2,10,19-20H2,1H3,(H,29,30,31). The average molecular weight is 450 g/mol. The minimum atomic E-state index is -0.0460. The zero-order valence-electron chi connectivity index (χ0n) is 19.2. The number of aryl methyl sites for hydroxylation is 1. The van der Waals surface area contributed by atoms with Gasteiger partial charge in [-0.25, -0.2) is 9.97 Å². The first-order valence-corrected chi connectivity index (χ1v) is 11.6. The summed E-state index contributed by atoms with van der Waals surface area (Å²) in [6, 6.07) is 23.7. The van der Waals surface area contributed by atoms with Crippen LogP contribution in [-0.2, 0) is 19.5 Å². The van der Waals surface area contributed by atoms with Crippen molar-refractivity contribution in [1.29, 1.82) is 0 Å². The fraction of sp³-hybridized carbons (Fsp3) is 0.179. The number of imidazole rings is 1. The number of pyridine rings is 1. The number of hydrogen-bond acceptors (Lipinski definition) is 3. The first kappa shape index (κ1) is 21.6. The number of hydrogen-bond donors (Lipinski definition) is 1. The molecular weight excluding hydrogens is 422 g/mol. The largest absolute Gasteiger partial charge is 0.339 e. The van der Waals surface area contributed by atoms with Crippen molar-refractivity contribution in [1.82, 2.24) is 24.4 Å². The second-order valence-electron chi connectivity index (χ2n) is 8.36. The molecule has 0 aliphatic carbocycles. The summed E-state index contributed by atoms with van der Waals surface area (Å²) in [5.74, 6) is 0.684. The maximum atomic E-state index is 13.9. The van der Waals surface area contributed by atoms with Gasteiger partial charge in [0.05, 0.1) is 23.3 Å². The fourth-order valence-electron chi connectivity index (χ4n) is 4.29. The lowest BCUT2D eigenvalue weighted by Gasteiger charge is -2.23. The number of para-hydroxylation sites is 1. The van der Waals surface area contributed by atoms with E-state index in [1.807, 2.05) is 94.7 Å². The van der Waals surface area contributed by atoms with E-state index >= 15 is 0 Å². The Kier molecular flexibility index (Phi) is 6.21. The third-order valence-electron chi connectivity index (χ3n) is 5.91. The molecule has 6 nitrogen and oxygen atoms in total. The van der Waals surface area contributed by atoms with Gasteiger partial charge in [-0.15, -0.1) is 0 Å². The van der Waals surface area contributed by atoms with Crippen LogP contribution in [-0.4, -0.2) is 30.3 Å². The fourth-order valence-corrected chi connectivity index (χ4v) is 4.29. The molecule has 0 aliphatic heterocycles. The summed E-state index contributed by atoms with van der Waals surface area (Å²) in [7, 11) is 0. The van der Waals surface area contributed by atoms with Crippen LogP contribution in [0.1, 0.15) is 40.7 Å². The molecule has 3 heterocycles. The molecule has 34 heavy (non-hydrogen) atoms. The van der Waals surface area contributed by atoms with E-state index in [0.717, 1.165) is 35.4 Å². The molecule has 5 aromatic rings. The average Bonchev–Trinajstić information content (AvgIpc) is 3.55. The Morgan fingerprint density at radius 3 is 2.50 bits per heavy atom. The van der Waals surface area contributed by atoms with Gasteiger partial charge >= 0.3 is 0 Å². The van der Waals surface area contributed by atoms with Crippen LogP contribution in [0.3, 0.4) is 0 Å². The molecule has 0 bridgehead atoms. The van der Waals surface area contributed by atoms with Gasteiger partial charge in [-0.2, -0.15) is 0 Å². The Balaban J connectivity index is 1.51. The molecule has 0 aliphatic rings. The summed E-state index contributed by atoms with van der Waals surface area (Å²) in [4.78, 5) is 28.4. The van der Waals surface area contributed by atoms with Crippen molar-refractivity contribution in [3.63, 3.8) is 0 Å². The number of nitrogens with zero attached hydrogens (tertiary/aromatic N) is 4. The molecule has 0 radical (unpaired) electrons. The Bertz CT molecular complexity index is 1390. The van der Waals surface area contributed by atoms with Gasteiger partial charge in [-0.05, 0) is 47.9 Å². The SMILES string of the molecule is CCCc1ccnc2nc(CN(Cc3ccccc3)C(=O)c3ccccc3-n3cccc3)[nH]c12. The van der Waals surface area contributed by atoms with Gasteiger partial charge in [-0.1, -0.05) is 55.8 Å². The molecule has 3 aromatic heterocycles. The van der Waals surface area contributed by atoms with Crippen LogP contribution < -0.4 is 0 Å². The maximum absolute atomic E-state index is 13.9. The minimum absolute atomic E-state index is 0.0460. The summed E-state index contributed by atoms with van der Waals surface area (Å²) in [5.41, 5.74) is 5.42. The van der Waals surface area contributed by atoms with E-state index in [9.17, 15) is 4.79 Å². The van der Waals surface area contributed by atoms with Crippen molar-refractivity contribution in [2.24, 2.45) is 0 Å². The van der Waals surface area contributed by atoms with Gasteiger partial charge in [0.1, 0.15) is 5.82 Å².